The molecule has 5 heteroatoms. The summed E-state index contributed by atoms with van der Waals surface area (Å²) in [5, 5.41) is 9.79. The Morgan fingerprint density at radius 3 is 2.33 bits per heavy atom. The molecule has 24 heavy (non-hydrogen) atoms. The molecule has 1 heterocycles. The molecular formula is C19H21N3OS. The van der Waals surface area contributed by atoms with Crippen molar-refractivity contribution in [3.63, 3.8) is 0 Å². The van der Waals surface area contributed by atoms with Gasteiger partial charge in [0, 0.05) is 17.4 Å². The van der Waals surface area contributed by atoms with E-state index in [0.29, 0.717) is 0 Å². The van der Waals surface area contributed by atoms with E-state index in [1.54, 1.807) is 18.9 Å². The lowest BCUT2D eigenvalue weighted by Crippen LogP contribution is -2.05. The smallest absolute Gasteiger partial charge is 0.192 e. The van der Waals surface area contributed by atoms with Gasteiger partial charge in [-0.1, -0.05) is 42.1 Å². The van der Waals surface area contributed by atoms with Gasteiger partial charge in [0.05, 0.1) is 7.11 Å². The number of benzene rings is 2. The number of ether oxygens (including phenoxy) is 1. The average Bonchev–Trinajstić information content (AvgIpc) is 3.05. The maximum absolute atomic E-state index is 5.23. The van der Waals surface area contributed by atoms with Gasteiger partial charge in [-0.15, -0.1) is 10.2 Å². The Hall–Kier alpha value is -2.27. The number of thioether (sulfide) groups is 1. The fourth-order valence-electron chi connectivity index (χ4n) is 2.50. The van der Waals surface area contributed by atoms with Gasteiger partial charge in [-0.2, -0.15) is 0 Å². The third-order valence-electron chi connectivity index (χ3n) is 3.74. The van der Waals surface area contributed by atoms with E-state index in [9.17, 15) is 0 Å². The van der Waals surface area contributed by atoms with E-state index in [1.165, 1.54) is 5.56 Å². The molecule has 0 radical (unpaired) electrons. The summed E-state index contributed by atoms with van der Waals surface area (Å²) >= 11 is 1.72. The van der Waals surface area contributed by atoms with Crippen LogP contribution in [0.3, 0.4) is 0 Å². The van der Waals surface area contributed by atoms with Crippen LogP contribution in [0.4, 0.5) is 0 Å². The molecule has 0 atom stereocenters. The summed E-state index contributed by atoms with van der Waals surface area (Å²) < 4.78 is 7.42. The standard InChI is InChI=1S/C19H21N3OS/c1-14(2)22-18(16-9-11-17(23-3)12-10-16)20-21-19(22)24-13-15-7-5-4-6-8-15/h4-12,14H,13H2,1-3H3. The van der Waals surface area contributed by atoms with Crippen molar-refractivity contribution < 1.29 is 4.74 Å². The van der Waals surface area contributed by atoms with Gasteiger partial charge in [-0.05, 0) is 43.7 Å². The number of hydrogen-bond acceptors (Lipinski definition) is 4. The maximum Gasteiger partial charge on any atom is 0.192 e. The van der Waals surface area contributed by atoms with Gasteiger partial charge in [0.25, 0.3) is 0 Å². The number of aromatic nitrogens is 3. The van der Waals surface area contributed by atoms with Crippen LogP contribution in [0.5, 0.6) is 5.75 Å². The monoisotopic (exact) mass is 339 g/mol. The number of nitrogens with zero attached hydrogens (tertiary/aromatic N) is 3. The van der Waals surface area contributed by atoms with Crippen LogP contribution in [0.2, 0.25) is 0 Å². The summed E-state index contributed by atoms with van der Waals surface area (Å²) in [7, 11) is 1.67. The first-order valence-electron chi connectivity index (χ1n) is 7.95. The van der Waals surface area contributed by atoms with Crippen LogP contribution in [-0.2, 0) is 5.75 Å². The van der Waals surface area contributed by atoms with Crippen molar-refractivity contribution >= 4 is 11.8 Å². The van der Waals surface area contributed by atoms with Crippen molar-refractivity contribution in [2.45, 2.75) is 30.8 Å². The molecule has 4 nitrogen and oxygen atoms in total. The fourth-order valence-corrected chi connectivity index (χ4v) is 3.52. The topological polar surface area (TPSA) is 39.9 Å². The lowest BCUT2D eigenvalue weighted by atomic mass is 10.2. The molecule has 1 aromatic heterocycles. The minimum atomic E-state index is 0.287. The molecule has 0 unspecified atom stereocenters. The zero-order valence-electron chi connectivity index (χ0n) is 14.1. The quantitative estimate of drug-likeness (QED) is 0.603. The Kier molecular flexibility index (Phi) is 5.20. The molecule has 0 aliphatic heterocycles. The Bertz CT molecular complexity index is 782. The molecule has 0 aliphatic carbocycles. The SMILES string of the molecule is COc1ccc(-c2nnc(SCc3ccccc3)n2C(C)C)cc1. The van der Waals surface area contributed by atoms with Gasteiger partial charge >= 0.3 is 0 Å². The highest BCUT2D eigenvalue weighted by Gasteiger charge is 2.16. The molecule has 0 N–H and O–H groups in total. The van der Waals surface area contributed by atoms with Gasteiger partial charge < -0.3 is 4.74 Å². The van der Waals surface area contributed by atoms with E-state index in [-0.39, 0.29) is 6.04 Å². The second-order valence-electron chi connectivity index (χ2n) is 5.77. The van der Waals surface area contributed by atoms with Gasteiger partial charge in [0.2, 0.25) is 0 Å². The van der Waals surface area contributed by atoms with Crippen LogP contribution in [-0.4, -0.2) is 21.9 Å². The summed E-state index contributed by atoms with van der Waals surface area (Å²) in [5.41, 5.74) is 2.33. The third kappa shape index (κ3) is 3.62. The first kappa shape index (κ1) is 16.6. The molecule has 3 aromatic rings. The third-order valence-corrected chi connectivity index (χ3v) is 4.75. The first-order chi connectivity index (χ1) is 11.7. The lowest BCUT2D eigenvalue weighted by Gasteiger charge is -2.14. The number of rotatable bonds is 6. The predicted molar refractivity (Wildman–Crippen MR) is 98.4 cm³/mol. The molecule has 0 amide bonds. The molecule has 124 valence electrons. The van der Waals surface area contributed by atoms with Crippen molar-refractivity contribution in [2.75, 3.05) is 7.11 Å². The Labute approximate surface area is 146 Å². The highest BCUT2D eigenvalue weighted by Crippen LogP contribution is 2.30. The molecule has 0 bridgehead atoms. The zero-order chi connectivity index (χ0) is 16.9. The minimum Gasteiger partial charge on any atom is -0.497 e. The minimum absolute atomic E-state index is 0.287. The van der Waals surface area contributed by atoms with Gasteiger partial charge in [0.1, 0.15) is 5.75 Å². The summed E-state index contributed by atoms with van der Waals surface area (Å²) in [6.07, 6.45) is 0. The van der Waals surface area contributed by atoms with Gasteiger partial charge in [-0.3, -0.25) is 4.57 Å². The van der Waals surface area contributed by atoms with E-state index in [4.69, 9.17) is 4.74 Å². The molecular weight excluding hydrogens is 318 g/mol. The second kappa shape index (κ2) is 7.53. The van der Waals surface area contributed by atoms with Crippen LogP contribution < -0.4 is 4.74 Å². The van der Waals surface area contributed by atoms with Crippen molar-refractivity contribution in [3.05, 3.63) is 60.2 Å². The number of methoxy groups -OCH3 is 1. The molecule has 2 aromatic carbocycles. The molecule has 0 saturated carbocycles. The summed E-state index contributed by atoms with van der Waals surface area (Å²) in [6, 6.07) is 18.7. The largest absolute Gasteiger partial charge is 0.497 e. The van der Waals surface area contributed by atoms with Crippen LogP contribution >= 0.6 is 11.8 Å². The first-order valence-corrected chi connectivity index (χ1v) is 8.93. The molecule has 0 spiro atoms. The summed E-state index contributed by atoms with van der Waals surface area (Å²) in [6.45, 7) is 4.31. The van der Waals surface area contributed by atoms with Crippen molar-refractivity contribution in [1.82, 2.24) is 14.8 Å². The van der Waals surface area contributed by atoms with Crippen LogP contribution in [0.25, 0.3) is 11.4 Å². The molecule has 0 saturated heterocycles. The lowest BCUT2D eigenvalue weighted by molar-refractivity contribution is 0.415. The van der Waals surface area contributed by atoms with Gasteiger partial charge in [-0.25, -0.2) is 0 Å². The van der Waals surface area contributed by atoms with E-state index in [0.717, 1.165) is 28.0 Å². The Balaban J connectivity index is 1.86. The average molecular weight is 339 g/mol. The van der Waals surface area contributed by atoms with Crippen molar-refractivity contribution in [2.24, 2.45) is 0 Å². The van der Waals surface area contributed by atoms with Crippen molar-refractivity contribution in [1.29, 1.82) is 0 Å². The number of hydrogen-bond donors (Lipinski definition) is 0. The highest BCUT2D eigenvalue weighted by atomic mass is 32.2. The summed E-state index contributed by atoms with van der Waals surface area (Å²) in [4.78, 5) is 0. The van der Waals surface area contributed by atoms with E-state index in [1.807, 2.05) is 30.3 Å². The van der Waals surface area contributed by atoms with Gasteiger partial charge in [0.15, 0.2) is 11.0 Å². The fraction of sp³-hybridized carbons (Fsp3) is 0.263. The molecule has 3 rings (SSSR count). The van der Waals surface area contributed by atoms with Crippen LogP contribution in [0.1, 0.15) is 25.5 Å². The van der Waals surface area contributed by atoms with Crippen molar-refractivity contribution in [3.8, 4) is 17.1 Å². The van der Waals surface area contributed by atoms with E-state index < -0.39 is 0 Å². The zero-order valence-corrected chi connectivity index (χ0v) is 15.0. The Morgan fingerprint density at radius 2 is 1.71 bits per heavy atom. The Morgan fingerprint density at radius 1 is 1.00 bits per heavy atom. The maximum atomic E-state index is 5.23. The van der Waals surface area contributed by atoms with E-state index in [2.05, 4.69) is 52.9 Å². The molecule has 0 fully saturated rings. The van der Waals surface area contributed by atoms with Crippen LogP contribution in [0.15, 0.2) is 59.8 Å². The normalized spacial score (nSPS) is 11.0. The summed E-state index contributed by atoms with van der Waals surface area (Å²) in [5.74, 6) is 2.62. The van der Waals surface area contributed by atoms with E-state index >= 15 is 0 Å². The predicted octanol–water partition coefficient (Wildman–Crippen LogP) is 4.83. The molecule has 0 aliphatic rings. The van der Waals surface area contributed by atoms with Crippen LogP contribution in [0, 0.1) is 0 Å². The highest BCUT2D eigenvalue weighted by molar-refractivity contribution is 7.98. The second-order valence-corrected chi connectivity index (χ2v) is 6.72.